The lowest BCUT2D eigenvalue weighted by Crippen LogP contribution is -2.51. The standard InChI is InChI=1S/C54H53N3O/c55-34-35-24-26-36(27-25-35)40-28-30-42-43-31-29-41(33-47(43)54(46(42)32-40)44-20-10-12-22-48(44)58-49-23-13-11-21-45(49)54)52-50(37-14-4-1-5-15-37)51(38-16-6-2-7-17-38)56-53(57-52)39-18-8-3-9-19-39/h1-2,4,6,8,10,12-14,16,18-20,22-23,28-33,35-36,42,45-46,49,53,56H,3,5,7,9,11,15,17,21,24-27H2. The highest BCUT2D eigenvalue weighted by Gasteiger charge is 2.61. The van der Waals surface area contributed by atoms with Crippen LogP contribution in [0.25, 0.3) is 0 Å². The minimum atomic E-state index is -0.266. The first-order valence-electron chi connectivity index (χ1n) is 22.3. The number of allylic oxidation sites excluding steroid dienone is 16. The van der Waals surface area contributed by atoms with Gasteiger partial charge in [0.2, 0.25) is 0 Å². The van der Waals surface area contributed by atoms with Gasteiger partial charge in [-0.1, -0.05) is 109 Å². The number of benzene rings is 2. The van der Waals surface area contributed by atoms with Crippen LogP contribution in [0.15, 0.2) is 166 Å². The zero-order valence-corrected chi connectivity index (χ0v) is 33.5. The van der Waals surface area contributed by atoms with Crippen molar-refractivity contribution in [1.82, 2.24) is 5.32 Å². The van der Waals surface area contributed by atoms with E-state index >= 15 is 0 Å². The fourth-order valence-electron chi connectivity index (χ4n) is 12.2. The molecule has 9 aliphatic rings. The maximum atomic E-state index is 9.72. The van der Waals surface area contributed by atoms with E-state index in [1.54, 1.807) is 0 Å². The van der Waals surface area contributed by atoms with Crippen LogP contribution in [-0.4, -0.2) is 18.0 Å². The van der Waals surface area contributed by atoms with Crippen molar-refractivity contribution in [3.63, 3.8) is 0 Å². The van der Waals surface area contributed by atoms with Crippen molar-refractivity contribution < 1.29 is 4.74 Å². The van der Waals surface area contributed by atoms with Gasteiger partial charge in [-0.15, -0.1) is 0 Å². The monoisotopic (exact) mass is 759 g/mol. The SMILES string of the molecule is N#CC1CCC(C2=CC3C(C=C2)c2ccc(C4=NC(C5=CCCC=C5)NC(C5=CC=CCC5)=C4C4=CC=CCC4)cc2C32c3ccccc3OC3C=CCCC32)CC1. The molecular weight excluding hydrogens is 707 g/mol. The highest BCUT2D eigenvalue weighted by Crippen LogP contribution is 2.66. The average Bonchev–Trinajstić information content (AvgIpc) is 3.58. The summed E-state index contributed by atoms with van der Waals surface area (Å²) in [5, 5.41) is 13.7. The summed E-state index contributed by atoms with van der Waals surface area (Å²) < 4.78 is 6.96. The van der Waals surface area contributed by atoms with Gasteiger partial charge in [0.05, 0.1) is 11.8 Å². The highest BCUT2D eigenvalue weighted by molar-refractivity contribution is 6.17. The van der Waals surface area contributed by atoms with Crippen LogP contribution < -0.4 is 10.1 Å². The normalized spacial score (nSPS) is 32.9. The minimum absolute atomic E-state index is 0.0193. The first-order chi connectivity index (χ1) is 28.7. The highest BCUT2D eigenvalue weighted by atomic mass is 16.5. The van der Waals surface area contributed by atoms with Crippen molar-refractivity contribution in [2.75, 3.05) is 0 Å². The van der Waals surface area contributed by atoms with Crippen molar-refractivity contribution in [3.05, 3.63) is 183 Å². The summed E-state index contributed by atoms with van der Waals surface area (Å²) in [5.41, 5.74) is 14.3. The van der Waals surface area contributed by atoms with Gasteiger partial charge in [0.15, 0.2) is 0 Å². The zero-order valence-electron chi connectivity index (χ0n) is 33.5. The van der Waals surface area contributed by atoms with Crippen LogP contribution in [0.5, 0.6) is 5.75 Å². The number of para-hydroxylation sites is 1. The molecule has 6 unspecified atom stereocenters. The van der Waals surface area contributed by atoms with Gasteiger partial charge in [-0.25, -0.2) is 0 Å². The predicted octanol–water partition coefficient (Wildman–Crippen LogP) is 12.0. The van der Waals surface area contributed by atoms with Gasteiger partial charge < -0.3 is 10.1 Å². The van der Waals surface area contributed by atoms with E-state index in [0.717, 1.165) is 88.5 Å². The first kappa shape index (κ1) is 35.7. The van der Waals surface area contributed by atoms with Crippen molar-refractivity contribution in [2.24, 2.45) is 28.7 Å². The number of nitrogens with one attached hydrogen (secondary N) is 1. The molecule has 4 nitrogen and oxygen atoms in total. The Kier molecular flexibility index (Phi) is 9.10. The molecule has 1 N–H and O–H groups in total. The summed E-state index contributed by atoms with van der Waals surface area (Å²) in [4.78, 5) is 5.77. The number of fused-ring (bicyclic) bond motifs is 9. The molecule has 2 aromatic carbocycles. The molecule has 0 aromatic heterocycles. The van der Waals surface area contributed by atoms with Crippen molar-refractivity contribution >= 4 is 5.71 Å². The lowest BCUT2D eigenvalue weighted by Gasteiger charge is -2.52. The van der Waals surface area contributed by atoms with E-state index in [4.69, 9.17) is 9.73 Å². The van der Waals surface area contributed by atoms with Gasteiger partial charge in [0, 0.05) is 51.5 Å². The van der Waals surface area contributed by atoms with E-state index in [9.17, 15) is 5.26 Å². The smallest absolute Gasteiger partial charge is 0.145 e. The molecule has 0 saturated heterocycles. The Morgan fingerprint density at radius 2 is 1.62 bits per heavy atom. The molecule has 1 fully saturated rings. The van der Waals surface area contributed by atoms with Crippen LogP contribution in [0.1, 0.15) is 105 Å². The van der Waals surface area contributed by atoms with Crippen LogP contribution in [0, 0.1) is 35.0 Å². The molecule has 2 aromatic rings. The van der Waals surface area contributed by atoms with E-state index in [-0.39, 0.29) is 35.4 Å². The van der Waals surface area contributed by atoms with Crippen molar-refractivity contribution in [3.8, 4) is 11.8 Å². The quantitative estimate of drug-likeness (QED) is 0.309. The number of rotatable bonds is 5. The molecule has 2 heterocycles. The summed E-state index contributed by atoms with van der Waals surface area (Å²) in [6.07, 6.45) is 45.6. The van der Waals surface area contributed by atoms with Crippen LogP contribution in [0.4, 0.5) is 0 Å². The van der Waals surface area contributed by atoms with Crippen molar-refractivity contribution in [1.29, 1.82) is 5.26 Å². The third-order valence-corrected chi connectivity index (χ3v) is 14.9. The Labute approximate surface area is 344 Å². The van der Waals surface area contributed by atoms with Crippen LogP contribution in [-0.2, 0) is 5.41 Å². The second-order valence-electron chi connectivity index (χ2n) is 17.9. The number of aliphatic imine (C=N–C) groups is 1. The van der Waals surface area contributed by atoms with Gasteiger partial charge in [0.25, 0.3) is 0 Å². The number of nitriles is 1. The molecule has 0 radical (unpaired) electrons. The fourth-order valence-corrected chi connectivity index (χ4v) is 12.2. The number of hydrogen-bond donors (Lipinski definition) is 1. The van der Waals surface area contributed by atoms with Crippen molar-refractivity contribution in [2.45, 2.75) is 101 Å². The zero-order chi connectivity index (χ0) is 38.6. The molecule has 7 aliphatic carbocycles. The molecule has 11 rings (SSSR count). The lowest BCUT2D eigenvalue weighted by molar-refractivity contribution is 0.0677. The predicted molar refractivity (Wildman–Crippen MR) is 234 cm³/mol. The Hall–Kier alpha value is -5.40. The van der Waals surface area contributed by atoms with Gasteiger partial charge in [0.1, 0.15) is 18.0 Å². The molecular formula is C54H53N3O. The molecule has 0 amide bonds. The largest absolute Gasteiger partial charge is 0.486 e. The number of nitrogens with zero attached hydrogens (tertiary/aromatic N) is 2. The minimum Gasteiger partial charge on any atom is -0.486 e. The van der Waals surface area contributed by atoms with Crippen LogP contribution >= 0.6 is 0 Å². The third kappa shape index (κ3) is 5.79. The third-order valence-electron chi connectivity index (χ3n) is 14.9. The topological polar surface area (TPSA) is 57.4 Å². The molecule has 4 heteroatoms. The summed E-state index contributed by atoms with van der Waals surface area (Å²) >= 11 is 0. The summed E-state index contributed by atoms with van der Waals surface area (Å²) in [5.74, 6) is 2.58. The second kappa shape index (κ2) is 14.8. The van der Waals surface area contributed by atoms with E-state index in [0.29, 0.717) is 11.8 Å². The second-order valence-corrected chi connectivity index (χ2v) is 17.9. The summed E-state index contributed by atoms with van der Waals surface area (Å²) in [6, 6.07) is 19.1. The Morgan fingerprint density at radius 3 is 2.41 bits per heavy atom. The molecule has 290 valence electrons. The number of ether oxygens (including phenoxy) is 1. The lowest BCUT2D eigenvalue weighted by atomic mass is 9.55. The van der Waals surface area contributed by atoms with Gasteiger partial charge in [-0.05, 0) is 135 Å². The molecule has 6 atom stereocenters. The van der Waals surface area contributed by atoms with Gasteiger partial charge in [-0.3, -0.25) is 4.99 Å². The van der Waals surface area contributed by atoms with E-state index in [1.165, 1.54) is 55.8 Å². The maximum absolute atomic E-state index is 9.72. The van der Waals surface area contributed by atoms with Gasteiger partial charge in [-0.2, -0.15) is 5.26 Å². The van der Waals surface area contributed by atoms with E-state index in [1.807, 2.05) is 0 Å². The number of hydrogen-bond acceptors (Lipinski definition) is 4. The van der Waals surface area contributed by atoms with Gasteiger partial charge >= 0.3 is 0 Å². The molecule has 2 aliphatic heterocycles. The molecule has 0 bridgehead atoms. The Morgan fingerprint density at radius 1 is 0.776 bits per heavy atom. The Bertz CT molecular complexity index is 2430. The molecule has 1 saturated carbocycles. The summed E-state index contributed by atoms with van der Waals surface area (Å²) in [6.45, 7) is 0. The Balaban J connectivity index is 1.13. The molecule has 58 heavy (non-hydrogen) atoms. The summed E-state index contributed by atoms with van der Waals surface area (Å²) in [7, 11) is 0. The van der Waals surface area contributed by atoms with E-state index in [2.05, 4.69) is 139 Å². The maximum Gasteiger partial charge on any atom is 0.145 e. The first-order valence-corrected chi connectivity index (χ1v) is 22.3. The van der Waals surface area contributed by atoms with Crippen LogP contribution in [0.3, 0.4) is 0 Å². The van der Waals surface area contributed by atoms with Crippen LogP contribution in [0.2, 0.25) is 0 Å². The van der Waals surface area contributed by atoms with E-state index < -0.39 is 0 Å². The fraction of sp³-hybridized carbons (Fsp3) is 0.370. The average molecular weight is 760 g/mol. The molecule has 1 spiro atoms.